The van der Waals surface area contributed by atoms with Gasteiger partial charge in [0.05, 0.1) is 5.56 Å². The molecule has 1 aliphatic rings. The van der Waals surface area contributed by atoms with Crippen LogP contribution >= 0.6 is 15.9 Å². The maximum Gasteiger partial charge on any atom is 0.231 e. The molecule has 0 bridgehead atoms. The van der Waals surface area contributed by atoms with Crippen molar-refractivity contribution in [3.8, 4) is 11.5 Å². The Balaban J connectivity index is 1.52. The molecule has 0 atom stereocenters. The van der Waals surface area contributed by atoms with Crippen LogP contribution in [-0.2, 0) is 6.61 Å². The molecule has 4 rings (SSSR count). The van der Waals surface area contributed by atoms with Gasteiger partial charge in [-0.05, 0) is 47.5 Å². The lowest BCUT2D eigenvalue weighted by atomic mass is 10.1. The van der Waals surface area contributed by atoms with Gasteiger partial charge in [-0.3, -0.25) is 4.79 Å². The molecule has 0 spiro atoms. The fourth-order valence-electron chi connectivity index (χ4n) is 2.74. The molecular formula is C22H14BrFO3. The lowest BCUT2D eigenvalue weighted by molar-refractivity contribution is 0.101. The Morgan fingerprint density at radius 2 is 1.81 bits per heavy atom. The Morgan fingerprint density at radius 1 is 1.04 bits per heavy atom. The number of rotatable bonds is 4. The van der Waals surface area contributed by atoms with Crippen LogP contribution in [0.1, 0.15) is 21.5 Å². The maximum atomic E-state index is 13.0. The normalized spacial score (nSPS) is 14.1. The first-order valence-electron chi connectivity index (χ1n) is 8.30. The van der Waals surface area contributed by atoms with Gasteiger partial charge in [0, 0.05) is 10.5 Å². The molecule has 0 radical (unpaired) electrons. The standard InChI is InChI=1S/C22H14BrFO3/c23-19-4-2-1-3-15(19)11-21-22(25)18-10-9-17(12-20(18)27-21)26-13-14-5-7-16(24)8-6-14/h1-12H,13H2/b21-11-. The van der Waals surface area contributed by atoms with Gasteiger partial charge in [0.1, 0.15) is 23.9 Å². The van der Waals surface area contributed by atoms with Crippen LogP contribution < -0.4 is 9.47 Å². The summed E-state index contributed by atoms with van der Waals surface area (Å²) in [5.41, 5.74) is 2.22. The number of hydrogen-bond donors (Lipinski definition) is 0. The van der Waals surface area contributed by atoms with E-state index in [1.807, 2.05) is 24.3 Å². The van der Waals surface area contributed by atoms with Crippen molar-refractivity contribution in [3.63, 3.8) is 0 Å². The van der Waals surface area contributed by atoms with Crippen LogP contribution in [0.3, 0.4) is 0 Å². The van der Waals surface area contributed by atoms with E-state index >= 15 is 0 Å². The molecule has 1 heterocycles. The Morgan fingerprint density at radius 3 is 2.59 bits per heavy atom. The second kappa shape index (κ2) is 7.37. The van der Waals surface area contributed by atoms with E-state index in [0.29, 0.717) is 23.7 Å². The van der Waals surface area contributed by atoms with Crippen molar-refractivity contribution in [1.29, 1.82) is 0 Å². The fraction of sp³-hybridized carbons (Fsp3) is 0.0455. The summed E-state index contributed by atoms with van der Waals surface area (Å²) in [5.74, 6) is 0.869. The van der Waals surface area contributed by atoms with Crippen LogP contribution in [0.25, 0.3) is 6.08 Å². The van der Waals surface area contributed by atoms with E-state index in [1.54, 1.807) is 36.4 Å². The number of carbonyl (C=O) groups is 1. The highest BCUT2D eigenvalue weighted by Crippen LogP contribution is 2.35. The fourth-order valence-corrected chi connectivity index (χ4v) is 3.14. The summed E-state index contributed by atoms with van der Waals surface area (Å²) in [5, 5.41) is 0. The number of benzene rings is 3. The molecular weight excluding hydrogens is 411 g/mol. The molecule has 134 valence electrons. The molecule has 0 aliphatic carbocycles. The lowest BCUT2D eigenvalue weighted by Crippen LogP contribution is -1.98. The molecule has 3 aromatic rings. The Hall–Kier alpha value is -2.92. The number of carbonyl (C=O) groups excluding carboxylic acids is 1. The van der Waals surface area contributed by atoms with Gasteiger partial charge in [-0.1, -0.05) is 46.3 Å². The molecule has 0 amide bonds. The van der Waals surface area contributed by atoms with E-state index in [0.717, 1.165) is 15.6 Å². The van der Waals surface area contributed by atoms with E-state index in [9.17, 15) is 9.18 Å². The minimum atomic E-state index is -0.285. The molecule has 0 N–H and O–H groups in total. The Kier molecular flexibility index (Phi) is 4.77. The average molecular weight is 425 g/mol. The molecule has 0 unspecified atom stereocenters. The molecule has 0 saturated carbocycles. The second-order valence-corrected chi connectivity index (χ2v) is 6.89. The van der Waals surface area contributed by atoms with Gasteiger partial charge in [0.25, 0.3) is 0 Å². The largest absolute Gasteiger partial charge is 0.489 e. The van der Waals surface area contributed by atoms with Crippen molar-refractivity contribution in [1.82, 2.24) is 0 Å². The number of allylic oxidation sites excluding steroid dienone is 1. The van der Waals surface area contributed by atoms with E-state index < -0.39 is 0 Å². The smallest absolute Gasteiger partial charge is 0.231 e. The van der Waals surface area contributed by atoms with Crippen LogP contribution in [-0.4, -0.2) is 5.78 Å². The van der Waals surface area contributed by atoms with Gasteiger partial charge in [-0.15, -0.1) is 0 Å². The molecule has 0 fully saturated rings. The Labute approximate surface area is 164 Å². The summed E-state index contributed by atoms with van der Waals surface area (Å²) in [6.45, 7) is 0.298. The Bertz CT molecular complexity index is 1040. The third-order valence-electron chi connectivity index (χ3n) is 4.15. The van der Waals surface area contributed by atoms with E-state index in [4.69, 9.17) is 9.47 Å². The monoisotopic (exact) mass is 424 g/mol. The topological polar surface area (TPSA) is 35.5 Å². The highest BCUT2D eigenvalue weighted by molar-refractivity contribution is 9.10. The van der Waals surface area contributed by atoms with E-state index in [2.05, 4.69) is 15.9 Å². The van der Waals surface area contributed by atoms with Gasteiger partial charge < -0.3 is 9.47 Å². The zero-order chi connectivity index (χ0) is 18.8. The van der Waals surface area contributed by atoms with Crippen LogP contribution in [0.15, 0.2) is 77.0 Å². The van der Waals surface area contributed by atoms with Crippen molar-refractivity contribution in [3.05, 3.63) is 99.5 Å². The molecule has 3 aromatic carbocycles. The number of ketones is 1. The molecule has 3 nitrogen and oxygen atoms in total. The molecule has 27 heavy (non-hydrogen) atoms. The van der Waals surface area contributed by atoms with E-state index in [-0.39, 0.29) is 17.4 Å². The predicted molar refractivity (Wildman–Crippen MR) is 104 cm³/mol. The summed E-state index contributed by atoms with van der Waals surface area (Å²) in [6, 6.07) is 18.8. The third-order valence-corrected chi connectivity index (χ3v) is 4.87. The van der Waals surface area contributed by atoms with Crippen LogP contribution in [0.5, 0.6) is 11.5 Å². The molecule has 5 heteroatoms. The minimum absolute atomic E-state index is 0.161. The third kappa shape index (κ3) is 3.78. The summed E-state index contributed by atoms with van der Waals surface area (Å²) in [7, 11) is 0. The summed E-state index contributed by atoms with van der Waals surface area (Å²) in [4.78, 5) is 12.6. The highest BCUT2D eigenvalue weighted by Gasteiger charge is 2.27. The van der Waals surface area contributed by atoms with Gasteiger partial charge in [0.2, 0.25) is 5.78 Å². The molecule has 0 aromatic heterocycles. The van der Waals surface area contributed by atoms with Crippen LogP contribution in [0.2, 0.25) is 0 Å². The summed E-state index contributed by atoms with van der Waals surface area (Å²) < 4.78 is 25.3. The summed E-state index contributed by atoms with van der Waals surface area (Å²) in [6.07, 6.45) is 1.71. The second-order valence-electron chi connectivity index (χ2n) is 6.03. The van der Waals surface area contributed by atoms with Crippen molar-refractivity contribution >= 4 is 27.8 Å². The van der Waals surface area contributed by atoms with Crippen molar-refractivity contribution in [2.75, 3.05) is 0 Å². The molecule has 0 saturated heterocycles. The van der Waals surface area contributed by atoms with Crippen LogP contribution in [0, 0.1) is 5.82 Å². The van der Waals surface area contributed by atoms with Gasteiger partial charge >= 0.3 is 0 Å². The minimum Gasteiger partial charge on any atom is -0.489 e. The zero-order valence-electron chi connectivity index (χ0n) is 14.1. The SMILES string of the molecule is O=C1/C(=C/c2ccccc2Br)Oc2cc(OCc3ccc(F)cc3)ccc21. The van der Waals surface area contributed by atoms with Crippen molar-refractivity contribution < 1.29 is 18.7 Å². The first-order valence-corrected chi connectivity index (χ1v) is 9.09. The van der Waals surface area contributed by atoms with Gasteiger partial charge in [0.15, 0.2) is 5.76 Å². The van der Waals surface area contributed by atoms with Gasteiger partial charge in [-0.2, -0.15) is 0 Å². The van der Waals surface area contributed by atoms with Crippen molar-refractivity contribution in [2.45, 2.75) is 6.61 Å². The number of Topliss-reactive ketones (excluding diaryl/α,β-unsaturated/α-hetero) is 1. The lowest BCUT2D eigenvalue weighted by Gasteiger charge is -2.07. The van der Waals surface area contributed by atoms with E-state index in [1.165, 1.54) is 12.1 Å². The molecule has 1 aliphatic heterocycles. The number of fused-ring (bicyclic) bond motifs is 1. The van der Waals surface area contributed by atoms with Gasteiger partial charge in [-0.25, -0.2) is 4.39 Å². The quantitative estimate of drug-likeness (QED) is 0.497. The number of ether oxygens (including phenoxy) is 2. The first kappa shape index (κ1) is 17.5. The summed E-state index contributed by atoms with van der Waals surface area (Å²) >= 11 is 3.46. The van der Waals surface area contributed by atoms with Crippen molar-refractivity contribution in [2.24, 2.45) is 0 Å². The first-order chi connectivity index (χ1) is 13.1. The average Bonchev–Trinajstić information content (AvgIpc) is 2.98. The number of halogens is 2. The maximum absolute atomic E-state index is 13.0. The zero-order valence-corrected chi connectivity index (χ0v) is 15.7. The van der Waals surface area contributed by atoms with Crippen LogP contribution in [0.4, 0.5) is 4.39 Å². The number of hydrogen-bond acceptors (Lipinski definition) is 3. The predicted octanol–water partition coefficient (Wildman–Crippen LogP) is 5.78. The highest BCUT2D eigenvalue weighted by atomic mass is 79.9.